The van der Waals surface area contributed by atoms with Gasteiger partial charge < -0.3 is 9.64 Å². The van der Waals surface area contributed by atoms with E-state index in [4.69, 9.17) is 4.74 Å². The van der Waals surface area contributed by atoms with Crippen LogP contribution in [-0.2, 0) is 4.74 Å². The van der Waals surface area contributed by atoms with Crippen LogP contribution in [-0.4, -0.2) is 34.5 Å². The number of carbonyl (C=O) groups is 1. The number of nitrogens with zero attached hydrogens (tertiary/aromatic N) is 3. The number of benzene rings is 2. The zero-order chi connectivity index (χ0) is 19.1. The molecule has 6 heteroatoms. The second kappa shape index (κ2) is 8.98. The first-order valence-electron chi connectivity index (χ1n) is 9.25. The molecule has 0 saturated heterocycles. The van der Waals surface area contributed by atoms with E-state index in [-0.39, 0.29) is 5.69 Å². The summed E-state index contributed by atoms with van der Waals surface area (Å²) in [7, 11) is 0. The van der Waals surface area contributed by atoms with Crippen molar-refractivity contribution in [3.63, 3.8) is 0 Å². The van der Waals surface area contributed by atoms with Gasteiger partial charge in [0, 0.05) is 23.5 Å². The van der Waals surface area contributed by atoms with Crippen molar-refractivity contribution in [2.75, 3.05) is 18.1 Å². The third-order valence-corrected chi connectivity index (χ3v) is 4.27. The number of hydrogen-bond donors (Lipinski definition) is 1. The van der Waals surface area contributed by atoms with Gasteiger partial charge in [0.15, 0.2) is 5.69 Å². The van der Waals surface area contributed by atoms with Crippen LogP contribution in [0.25, 0.3) is 11.3 Å². The number of nitrogens with one attached hydrogen (secondary N) is 1. The largest absolute Gasteiger partial charge is 0.461 e. The maximum atomic E-state index is 12.0. The normalized spacial score (nSPS) is 10.6. The molecule has 0 spiro atoms. The van der Waals surface area contributed by atoms with Crippen LogP contribution < -0.4 is 4.90 Å². The van der Waals surface area contributed by atoms with E-state index in [0.717, 1.165) is 36.3 Å². The molecule has 2 aromatic carbocycles. The molecule has 0 aliphatic heterocycles. The molecule has 0 unspecified atom stereocenters. The molecule has 0 saturated carbocycles. The monoisotopic (exact) mass is 364 g/mol. The fraction of sp³-hybridized carbons (Fsp3) is 0.286. The molecule has 0 aliphatic rings. The number of H-pyrrole nitrogens is 1. The Morgan fingerprint density at radius 1 is 1.00 bits per heavy atom. The Hall–Kier alpha value is -3.15. The van der Waals surface area contributed by atoms with Crippen LogP contribution in [0.4, 0.5) is 11.4 Å². The van der Waals surface area contributed by atoms with Crippen molar-refractivity contribution >= 4 is 17.3 Å². The molecule has 0 atom stereocenters. The summed E-state index contributed by atoms with van der Waals surface area (Å²) in [4.78, 5) is 14.3. The minimum absolute atomic E-state index is 0.204. The van der Waals surface area contributed by atoms with Crippen LogP contribution >= 0.6 is 0 Å². The van der Waals surface area contributed by atoms with Gasteiger partial charge in [-0.3, -0.25) is 0 Å². The number of esters is 1. The number of hydrogen-bond acceptors (Lipinski definition) is 5. The first-order valence-corrected chi connectivity index (χ1v) is 9.25. The Bertz CT molecular complexity index is 859. The highest BCUT2D eigenvalue weighted by Crippen LogP contribution is 2.29. The molecular weight excluding hydrogens is 340 g/mol. The fourth-order valence-electron chi connectivity index (χ4n) is 2.90. The van der Waals surface area contributed by atoms with Crippen molar-refractivity contribution in [2.24, 2.45) is 0 Å². The number of ether oxygens (including phenoxy) is 1. The van der Waals surface area contributed by atoms with Gasteiger partial charge in [-0.25, -0.2) is 4.79 Å². The average molecular weight is 364 g/mol. The summed E-state index contributed by atoms with van der Waals surface area (Å²) in [5, 5.41) is 10.6. The first-order chi connectivity index (χ1) is 13.2. The third kappa shape index (κ3) is 4.34. The van der Waals surface area contributed by atoms with Crippen molar-refractivity contribution < 1.29 is 9.53 Å². The SMILES string of the molecule is CCCCN(c1ccccc1)c1ccc(-c2n[nH]nc2C(=O)OCC)cc1. The van der Waals surface area contributed by atoms with Crippen molar-refractivity contribution in [1.29, 1.82) is 0 Å². The van der Waals surface area contributed by atoms with Gasteiger partial charge in [-0.1, -0.05) is 43.7 Å². The quantitative estimate of drug-likeness (QED) is 0.592. The van der Waals surface area contributed by atoms with E-state index < -0.39 is 5.97 Å². The van der Waals surface area contributed by atoms with Gasteiger partial charge in [-0.2, -0.15) is 10.3 Å². The van der Waals surface area contributed by atoms with Crippen molar-refractivity contribution in [3.05, 3.63) is 60.3 Å². The van der Waals surface area contributed by atoms with Crippen LogP contribution in [0.3, 0.4) is 0 Å². The topological polar surface area (TPSA) is 71.1 Å². The van der Waals surface area contributed by atoms with E-state index >= 15 is 0 Å². The Balaban J connectivity index is 1.88. The standard InChI is InChI=1S/C21H24N4O2/c1-3-5-15-25(17-9-7-6-8-10-17)18-13-11-16(12-14-18)19-20(23-24-22-19)21(26)27-4-2/h6-14H,3-5,15H2,1-2H3,(H,22,23,24). The highest BCUT2D eigenvalue weighted by Gasteiger charge is 2.19. The van der Waals surface area contributed by atoms with Crippen molar-refractivity contribution in [3.8, 4) is 11.3 Å². The predicted molar refractivity (Wildman–Crippen MR) is 106 cm³/mol. The van der Waals surface area contributed by atoms with Crippen molar-refractivity contribution in [2.45, 2.75) is 26.7 Å². The van der Waals surface area contributed by atoms with Gasteiger partial charge in [0.05, 0.1) is 6.61 Å². The number of rotatable bonds is 8. The molecular formula is C21H24N4O2. The second-order valence-corrected chi connectivity index (χ2v) is 6.13. The van der Waals surface area contributed by atoms with E-state index in [1.807, 2.05) is 42.5 Å². The molecule has 3 rings (SSSR count). The number of aromatic amines is 1. The lowest BCUT2D eigenvalue weighted by Crippen LogP contribution is -2.18. The maximum Gasteiger partial charge on any atom is 0.361 e. The Kier molecular flexibility index (Phi) is 6.20. The smallest absolute Gasteiger partial charge is 0.361 e. The van der Waals surface area contributed by atoms with Crippen LogP contribution in [0.5, 0.6) is 0 Å². The molecule has 1 aromatic heterocycles. The lowest BCUT2D eigenvalue weighted by Gasteiger charge is -2.25. The minimum atomic E-state index is -0.473. The molecule has 0 bridgehead atoms. The Morgan fingerprint density at radius 2 is 1.70 bits per heavy atom. The van der Waals surface area contributed by atoms with Crippen LogP contribution in [0.2, 0.25) is 0 Å². The molecule has 27 heavy (non-hydrogen) atoms. The lowest BCUT2D eigenvalue weighted by atomic mass is 10.1. The van der Waals surface area contributed by atoms with E-state index in [1.165, 1.54) is 0 Å². The number of aromatic nitrogens is 3. The summed E-state index contributed by atoms with van der Waals surface area (Å²) in [5.41, 5.74) is 3.78. The van der Waals surface area contributed by atoms with Gasteiger partial charge in [-0.15, -0.1) is 5.10 Å². The van der Waals surface area contributed by atoms with Crippen LogP contribution in [0, 0.1) is 0 Å². The van der Waals surface area contributed by atoms with Gasteiger partial charge in [-0.05, 0) is 37.6 Å². The third-order valence-electron chi connectivity index (χ3n) is 4.27. The van der Waals surface area contributed by atoms with Crippen LogP contribution in [0.1, 0.15) is 37.2 Å². The Morgan fingerprint density at radius 3 is 2.37 bits per heavy atom. The number of para-hydroxylation sites is 1. The number of anilines is 2. The summed E-state index contributed by atoms with van der Waals surface area (Å²) >= 11 is 0. The minimum Gasteiger partial charge on any atom is -0.461 e. The van der Waals surface area contributed by atoms with E-state index in [1.54, 1.807) is 6.92 Å². The molecule has 0 radical (unpaired) electrons. The number of unbranched alkanes of at least 4 members (excludes halogenated alkanes) is 1. The van der Waals surface area contributed by atoms with Gasteiger partial charge in [0.25, 0.3) is 0 Å². The molecule has 0 amide bonds. The molecule has 0 aliphatic carbocycles. The molecule has 1 N–H and O–H groups in total. The summed E-state index contributed by atoms with van der Waals surface area (Å²) in [6.45, 7) is 5.19. The molecule has 1 heterocycles. The predicted octanol–water partition coefficient (Wildman–Crippen LogP) is 4.59. The van der Waals surface area contributed by atoms with E-state index in [2.05, 4.69) is 39.4 Å². The van der Waals surface area contributed by atoms with Crippen molar-refractivity contribution in [1.82, 2.24) is 15.4 Å². The van der Waals surface area contributed by atoms with Gasteiger partial charge in [0.1, 0.15) is 5.69 Å². The van der Waals surface area contributed by atoms with Crippen LogP contribution in [0.15, 0.2) is 54.6 Å². The van der Waals surface area contributed by atoms with Gasteiger partial charge >= 0.3 is 5.97 Å². The van der Waals surface area contributed by atoms with E-state index in [9.17, 15) is 4.79 Å². The highest BCUT2D eigenvalue weighted by molar-refractivity contribution is 5.94. The second-order valence-electron chi connectivity index (χ2n) is 6.13. The molecule has 3 aromatic rings. The fourth-order valence-corrected chi connectivity index (χ4v) is 2.90. The zero-order valence-electron chi connectivity index (χ0n) is 15.7. The first kappa shape index (κ1) is 18.6. The summed E-state index contributed by atoms with van der Waals surface area (Å²) < 4.78 is 5.04. The maximum absolute atomic E-state index is 12.0. The lowest BCUT2D eigenvalue weighted by molar-refractivity contribution is 0.0520. The van der Waals surface area contributed by atoms with E-state index in [0.29, 0.717) is 12.3 Å². The summed E-state index contributed by atoms with van der Waals surface area (Å²) in [6, 6.07) is 18.3. The van der Waals surface area contributed by atoms with Gasteiger partial charge in [0.2, 0.25) is 0 Å². The number of carbonyl (C=O) groups excluding carboxylic acids is 1. The Labute approximate surface area is 159 Å². The summed E-state index contributed by atoms with van der Waals surface area (Å²) in [6.07, 6.45) is 2.23. The zero-order valence-corrected chi connectivity index (χ0v) is 15.7. The average Bonchev–Trinajstić information content (AvgIpc) is 3.20. The molecule has 6 nitrogen and oxygen atoms in total. The summed E-state index contributed by atoms with van der Waals surface area (Å²) in [5.74, 6) is -0.473. The highest BCUT2D eigenvalue weighted by atomic mass is 16.5. The molecule has 140 valence electrons. The molecule has 0 fully saturated rings.